The second-order valence-electron chi connectivity index (χ2n) is 7.22. The first-order valence-electron chi connectivity index (χ1n) is 12.7. The molecule has 0 bridgehead atoms. The molecule has 0 atom stereocenters. The van der Waals surface area contributed by atoms with Gasteiger partial charge in [-0.1, -0.05) is 30.3 Å². The van der Waals surface area contributed by atoms with Crippen molar-refractivity contribution in [2.24, 2.45) is 10.2 Å². The molecule has 0 saturated carbocycles. The van der Waals surface area contributed by atoms with Crippen LogP contribution in [0.4, 0.5) is 11.4 Å². The fourth-order valence-electron chi connectivity index (χ4n) is 3.28. The topological polar surface area (TPSA) is 120 Å². The number of phenolic OH excluding ortho intramolecular Hbond substituents is 1. The first-order valence-corrected chi connectivity index (χ1v) is 9.73. The van der Waals surface area contributed by atoms with E-state index in [4.69, 9.17) is 8.22 Å². The van der Waals surface area contributed by atoms with Crippen molar-refractivity contribution in [3.8, 4) is 22.6 Å². The van der Waals surface area contributed by atoms with E-state index in [1.807, 2.05) is 0 Å². The molecule has 0 spiro atoms. The van der Waals surface area contributed by atoms with Crippen molar-refractivity contribution in [3.63, 3.8) is 0 Å². The van der Waals surface area contributed by atoms with Crippen LogP contribution in [0.15, 0.2) is 75.7 Å². The number of aromatic hydroxyl groups is 1. The minimum absolute atomic E-state index is 0.0199. The second kappa shape index (κ2) is 8.58. The lowest BCUT2D eigenvalue weighted by atomic mass is 10.0. The van der Waals surface area contributed by atoms with E-state index in [1.165, 1.54) is 24.3 Å². The number of H-pyrrole nitrogens is 1. The van der Waals surface area contributed by atoms with E-state index in [1.54, 1.807) is 31.2 Å². The van der Waals surface area contributed by atoms with E-state index in [0.717, 1.165) is 16.8 Å². The van der Waals surface area contributed by atoms with Gasteiger partial charge in [-0.15, -0.1) is 10.2 Å². The van der Waals surface area contributed by atoms with Crippen LogP contribution in [0.2, 0.25) is 0 Å². The molecule has 166 valence electrons. The van der Waals surface area contributed by atoms with E-state index >= 15 is 0 Å². The number of carboxylic acids is 1. The van der Waals surface area contributed by atoms with Crippen molar-refractivity contribution in [2.45, 2.75) is 20.6 Å². The highest BCUT2D eigenvalue weighted by Gasteiger charge is 2.14. The van der Waals surface area contributed by atoms with Gasteiger partial charge in [0.05, 0.1) is 16.9 Å². The third-order valence-corrected chi connectivity index (χ3v) is 4.99. The Hall–Kier alpha value is -4.46. The van der Waals surface area contributed by atoms with Crippen LogP contribution in [-0.2, 0) is 0 Å². The third-order valence-electron chi connectivity index (χ3n) is 4.99. The molecule has 4 aromatic rings. The Morgan fingerprint density at radius 1 is 1.03 bits per heavy atom. The van der Waals surface area contributed by atoms with Crippen LogP contribution >= 0.6 is 0 Å². The number of carboxylic acid groups (broad SMARTS) is 1. The van der Waals surface area contributed by atoms with Crippen LogP contribution in [-0.4, -0.2) is 26.0 Å². The fraction of sp³-hybridized carbons (Fsp3) is 0.120. The highest BCUT2D eigenvalue weighted by Crippen LogP contribution is 2.38. The summed E-state index contributed by atoms with van der Waals surface area (Å²) in [5, 5.41) is 30.8. The Labute approximate surface area is 197 Å². The van der Waals surface area contributed by atoms with Crippen LogP contribution < -0.4 is 5.56 Å². The summed E-state index contributed by atoms with van der Waals surface area (Å²) in [6, 6.07) is 14.2. The van der Waals surface area contributed by atoms with Gasteiger partial charge in [0.1, 0.15) is 5.69 Å². The molecule has 0 aliphatic carbocycles. The molecule has 0 radical (unpaired) electrons. The number of aryl methyl sites for hydroxylation is 3. The van der Waals surface area contributed by atoms with Crippen molar-refractivity contribution in [3.05, 3.63) is 93.4 Å². The fourth-order valence-corrected chi connectivity index (χ4v) is 3.28. The van der Waals surface area contributed by atoms with E-state index in [0.29, 0.717) is 11.1 Å². The Bertz CT molecular complexity index is 1670. The number of rotatable bonds is 5. The highest BCUT2D eigenvalue weighted by atomic mass is 16.4. The molecule has 1 heterocycles. The number of phenols is 1. The summed E-state index contributed by atoms with van der Waals surface area (Å²) in [6.45, 7) is -3.86. The maximum Gasteiger partial charge on any atom is 0.335 e. The van der Waals surface area contributed by atoms with Crippen LogP contribution in [0.3, 0.4) is 0 Å². The SMILES string of the molecule is [2H]C([2H])([2H])c1ccc(-n2[nH]c(C)c(N=Nc3cccc(-c4cccc(C(=O)O)c4)c3O)c2=O)cc1C([2H])([2H])[2H]. The molecule has 8 nitrogen and oxygen atoms in total. The summed E-state index contributed by atoms with van der Waals surface area (Å²) < 4.78 is 47.2. The van der Waals surface area contributed by atoms with Gasteiger partial charge in [-0.2, -0.15) is 0 Å². The number of aromatic nitrogens is 2. The number of aromatic carboxylic acids is 1. The van der Waals surface area contributed by atoms with Gasteiger partial charge in [0.15, 0.2) is 11.4 Å². The molecule has 33 heavy (non-hydrogen) atoms. The predicted molar refractivity (Wildman–Crippen MR) is 125 cm³/mol. The summed E-state index contributed by atoms with van der Waals surface area (Å²) in [4.78, 5) is 24.4. The number of nitrogens with one attached hydrogen (secondary N) is 1. The minimum atomic E-state index is -2.74. The van der Waals surface area contributed by atoms with E-state index in [2.05, 4.69) is 15.3 Å². The number of hydrogen-bond acceptors (Lipinski definition) is 5. The number of nitrogens with zero attached hydrogens (tertiary/aromatic N) is 3. The Morgan fingerprint density at radius 2 is 1.82 bits per heavy atom. The Morgan fingerprint density at radius 3 is 2.58 bits per heavy atom. The minimum Gasteiger partial charge on any atom is -0.505 e. The van der Waals surface area contributed by atoms with Gasteiger partial charge < -0.3 is 10.2 Å². The third kappa shape index (κ3) is 4.18. The van der Waals surface area contributed by atoms with Crippen LogP contribution in [0.5, 0.6) is 5.75 Å². The van der Waals surface area contributed by atoms with Crippen molar-refractivity contribution >= 4 is 17.3 Å². The average Bonchev–Trinajstić information content (AvgIpc) is 3.15. The molecule has 0 unspecified atom stereocenters. The molecule has 0 aliphatic rings. The second-order valence-corrected chi connectivity index (χ2v) is 7.22. The van der Waals surface area contributed by atoms with Gasteiger partial charge in [0.2, 0.25) is 0 Å². The van der Waals surface area contributed by atoms with Crippen molar-refractivity contribution in [1.82, 2.24) is 9.78 Å². The van der Waals surface area contributed by atoms with Crippen LogP contribution in [0.1, 0.15) is 35.4 Å². The number of hydrogen-bond donors (Lipinski definition) is 3. The summed E-state index contributed by atoms with van der Waals surface area (Å²) in [6.07, 6.45) is 0. The molecule has 3 aromatic carbocycles. The van der Waals surface area contributed by atoms with Gasteiger partial charge in [-0.05, 0) is 67.6 Å². The van der Waals surface area contributed by atoms with Crippen molar-refractivity contribution < 1.29 is 23.2 Å². The summed E-state index contributed by atoms with van der Waals surface area (Å²) in [5.41, 5.74) is -0.373. The molecule has 0 amide bonds. The quantitative estimate of drug-likeness (QED) is 0.345. The van der Waals surface area contributed by atoms with Crippen molar-refractivity contribution in [1.29, 1.82) is 0 Å². The van der Waals surface area contributed by atoms with Gasteiger partial charge in [-0.25, -0.2) is 9.48 Å². The maximum absolute atomic E-state index is 13.1. The molecule has 4 rings (SSSR count). The lowest BCUT2D eigenvalue weighted by Crippen LogP contribution is -2.14. The zero-order valence-electron chi connectivity index (χ0n) is 23.3. The lowest BCUT2D eigenvalue weighted by molar-refractivity contribution is 0.0697. The smallest absolute Gasteiger partial charge is 0.335 e. The number of aromatic amines is 1. The Balaban J connectivity index is 1.73. The van der Waals surface area contributed by atoms with Gasteiger partial charge in [0.25, 0.3) is 5.56 Å². The van der Waals surface area contributed by atoms with Gasteiger partial charge >= 0.3 is 5.97 Å². The summed E-state index contributed by atoms with van der Waals surface area (Å²) >= 11 is 0. The first kappa shape index (κ1) is 15.4. The largest absolute Gasteiger partial charge is 0.505 e. The lowest BCUT2D eigenvalue weighted by Gasteiger charge is -2.07. The first-order chi connectivity index (χ1) is 18.2. The summed E-state index contributed by atoms with van der Waals surface area (Å²) in [5.74, 6) is -1.40. The van der Waals surface area contributed by atoms with Gasteiger partial charge in [-0.3, -0.25) is 9.89 Å². The molecule has 1 aromatic heterocycles. The zero-order chi connectivity index (χ0) is 28.7. The predicted octanol–water partition coefficient (Wildman–Crippen LogP) is 5.58. The molecular weight excluding hydrogens is 420 g/mol. The zero-order valence-corrected chi connectivity index (χ0v) is 17.3. The molecule has 3 N–H and O–H groups in total. The Kier molecular flexibility index (Phi) is 4.00. The average molecular weight is 449 g/mol. The molecular formula is C25H22N4O4. The number of para-hydroxylation sites is 1. The summed E-state index contributed by atoms with van der Waals surface area (Å²) in [7, 11) is 0. The number of benzene rings is 3. The van der Waals surface area contributed by atoms with Gasteiger partial charge in [0, 0.05) is 13.8 Å². The normalized spacial score (nSPS) is 14.7. The maximum atomic E-state index is 13.1. The monoisotopic (exact) mass is 448 g/mol. The molecule has 0 aliphatic heterocycles. The number of azo groups is 1. The standard InChI is InChI=1S/C25H22N4O4/c1-14-10-11-19(12-15(14)2)29-24(31)22(16(3)28-29)27-26-21-9-5-8-20(23(21)30)17-6-4-7-18(13-17)25(32)33/h4-13,28,30H,1-3H3,(H,32,33)/i1D3,2D3. The molecule has 8 heteroatoms. The van der Waals surface area contributed by atoms with Crippen molar-refractivity contribution in [2.75, 3.05) is 0 Å². The number of carbonyl (C=O) groups is 1. The van der Waals surface area contributed by atoms with Crippen LogP contribution in [0.25, 0.3) is 16.8 Å². The van der Waals surface area contributed by atoms with E-state index < -0.39 is 30.8 Å². The highest BCUT2D eigenvalue weighted by molar-refractivity contribution is 5.90. The molecule has 0 fully saturated rings. The van der Waals surface area contributed by atoms with E-state index in [-0.39, 0.29) is 39.6 Å². The van der Waals surface area contributed by atoms with Crippen LogP contribution in [0, 0.1) is 20.6 Å². The molecule has 0 saturated heterocycles. The van der Waals surface area contributed by atoms with E-state index in [9.17, 15) is 19.8 Å².